The van der Waals surface area contributed by atoms with E-state index in [2.05, 4.69) is 31.7 Å². The van der Waals surface area contributed by atoms with Crippen LogP contribution in [0, 0.1) is 11.8 Å². The van der Waals surface area contributed by atoms with Crippen LogP contribution in [0.2, 0.25) is 0 Å². The number of nitrogens with zero attached hydrogens (tertiary/aromatic N) is 4. The summed E-state index contributed by atoms with van der Waals surface area (Å²) in [6.07, 6.45) is 12.3. The highest BCUT2D eigenvalue weighted by Gasteiger charge is 2.39. The molecule has 136 valence electrons. The first-order valence-corrected chi connectivity index (χ1v) is 9.56. The van der Waals surface area contributed by atoms with E-state index >= 15 is 0 Å². The molecule has 0 aliphatic heterocycles. The third-order valence-corrected chi connectivity index (χ3v) is 5.70. The summed E-state index contributed by atoms with van der Waals surface area (Å²) in [4.78, 5) is 17.5. The van der Waals surface area contributed by atoms with Gasteiger partial charge in [-0.3, -0.25) is 4.98 Å². The van der Waals surface area contributed by atoms with Crippen LogP contribution in [0.4, 0.5) is 17.5 Å². The van der Waals surface area contributed by atoms with Crippen LogP contribution in [0.1, 0.15) is 25.7 Å². The molecule has 2 aliphatic rings. The molecule has 0 aromatic carbocycles. The molecule has 2 bridgehead atoms. The molecule has 0 saturated heterocycles. The summed E-state index contributed by atoms with van der Waals surface area (Å²) < 4.78 is 0. The highest BCUT2D eigenvalue weighted by Crippen LogP contribution is 2.45. The fraction of sp³-hybridized carbons (Fsp3) is 0.333. The molecule has 2 N–H and O–H groups in total. The lowest BCUT2D eigenvalue weighted by atomic mass is 9.95. The van der Waals surface area contributed by atoms with Crippen LogP contribution in [-0.2, 0) is 0 Å². The van der Waals surface area contributed by atoms with Crippen LogP contribution in [0.25, 0.3) is 11.3 Å². The third-order valence-electron chi connectivity index (χ3n) is 5.70. The van der Waals surface area contributed by atoms with Crippen molar-refractivity contribution in [3.8, 4) is 11.3 Å². The summed E-state index contributed by atoms with van der Waals surface area (Å²) in [6, 6.07) is 10.6. The van der Waals surface area contributed by atoms with Gasteiger partial charge < -0.3 is 10.6 Å². The Hall–Kier alpha value is -3.02. The number of pyridine rings is 2. The molecule has 1 unspecified atom stereocenters. The second kappa shape index (κ2) is 6.95. The average molecular weight is 358 g/mol. The van der Waals surface area contributed by atoms with Crippen molar-refractivity contribution in [2.24, 2.45) is 11.8 Å². The molecule has 6 nitrogen and oxygen atoms in total. The van der Waals surface area contributed by atoms with Gasteiger partial charge in [-0.25, -0.2) is 15.0 Å². The molecule has 2 saturated carbocycles. The maximum Gasteiger partial charge on any atom is 0.150 e. The molecule has 3 heterocycles. The van der Waals surface area contributed by atoms with Gasteiger partial charge in [-0.15, -0.1) is 0 Å². The lowest BCUT2D eigenvalue weighted by Crippen LogP contribution is -2.26. The van der Waals surface area contributed by atoms with Gasteiger partial charge in [0.1, 0.15) is 17.5 Å². The van der Waals surface area contributed by atoms with Crippen LogP contribution >= 0.6 is 0 Å². The Labute approximate surface area is 158 Å². The number of fused-ring (bicyclic) bond motifs is 2. The number of aromatic nitrogens is 4. The molecule has 5 rings (SSSR count). The van der Waals surface area contributed by atoms with E-state index in [1.807, 2.05) is 30.5 Å². The number of hydrogen-bond donors (Lipinski definition) is 2. The monoisotopic (exact) mass is 358 g/mol. The Morgan fingerprint density at radius 1 is 0.889 bits per heavy atom. The summed E-state index contributed by atoms with van der Waals surface area (Å²) in [5.41, 5.74) is 1.96. The molecule has 2 aliphatic carbocycles. The Morgan fingerprint density at radius 3 is 2.67 bits per heavy atom. The van der Waals surface area contributed by atoms with Crippen molar-refractivity contribution in [3.63, 3.8) is 0 Å². The van der Waals surface area contributed by atoms with Crippen LogP contribution < -0.4 is 10.6 Å². The molecule has 0 spiro atoms. The summed E-state index contributed by atoms with van der Waals surface area (Å²) in [5, 5.41) is 6.85. The largest absolute Gasteiger partial charge is 0.367 e. The van der Waals surface area contributed by atoms with Crippen LogP contribution in [0.15, 0.2) is 55.1 Å². The molecule has 3 aromatic heterocycles. The van der Waals surface area contributed by atoms with Crippen molar-refractivity contribution >= 4 is 17.5 Å². The predicted molar refractivity (Wildman–Crippen MR) is 106 cm³/mol. The van der Waals surface area contributed by atoms with E-state index in [0.29, 0.717) is 11.9 Å². The maximum atomic E-state index is 4.71. The Balaban J connectivity index is 1.34. The van der Waals surface area contributed by atoms with Gasteiger partial charge in [0.25, 0.3) is 0 Å². The fourth-order valence-corrected chi connectivity index (χ4v) is 4.44. The lowest BCUT2D eigenvalue weighted by Gasteiger charge is -2.23. The van der Waals surface area contributed by atoms with E-state index in [-0.39, 0.29) is 0 Å². The molecule has 0 radical (unpaired) electrons. The number of hydrogen-bond acceptors (Lipinski definition) is 6. The van der Waals surface area contributed by atoms with Gasteiger partial charge in [-0.2, -0.15) is 0 Å². The number of anilines is 3. The quantitative estimate of drug-likeness (QED) is 0.709. The summed E-state index contributed by atoms with van der Waals surface area (Å²) >= 11 is 0. The van der Waals surface area contributed by atoms with E-state index in [1.165, 1.54) is 25.7 Å². The first kappa shape index (κ1) is 16.2. The minimum Gasteiger partial charge on any atom is -0.367 e. The number of rotatable bonds is 5. The maximum absolute atomic E-state index is 4.71. The summed E-state index contributed by atoms with van der Waals surface area (Å²) in [7, 11) is 0. The molecule has 3 atom stereocenters. The van der Waals surface area contributed by atoms with Crippen LogP contribution in [0.5, 0.6) is 0 Å². The fourth-order valence-electron chi connectivity index (χ4n) is 4.44. The van der Waals surface area contributed by atoms with Crippen molar-refractivity contribution in [1.82, 2.24) is 19.9 Å². The minimum absolute atomic E-state index is 0.573. The van der Waals surface area contributed by atoms with Gasteiger partial charge in [0.2, 0.25) is 0 Å². The summed E-state index contributed by atoms with van der Waals surface area (Å²) in [5.74, 6) is 4.10. The average Bonchev–Trinajstić information content (AvgIpc) is 3.32. The van der Waals surface area contributed by atoms with Crippen LogP contribution in [-0.4, -0.2) is 26.0 Å². The second-order valence-electron chi connectivity index (χ2n) is 7.48. The SMILES string of the molecule is c1cc(Nc2cnccn2)nc(-c2ccnc(NC3C[C@@H]4CC[C@@H]3C4)c2)c1. The van der Waals surface area contributed by atoms with E-state index < -0.39 is 0 Å². The van der Waals surface area contributed by atoms with Gasteiger partial charge in [0, 0.05) is 30.2 Å². The smallest absolute Gasteiger partial charge is 0.150 e. The Bertz CT molecular complexity index is 929. The molecule has 3 aromatic rings. The first-order valence-electron chi connectivity index (χ1n) is 9.56. The van der Waals surface area contributed by atoms with Crippen molar-refractivity contribution in [2.45, 2.75) is 31.7 Å². The van der Waals surface area contributed by atoms with Crippen molar-refractivity contribution in [1.29, 1.82) is 0 Å². The number of nitrogens with one attached hydrogen (secondary N) is 2. The topological polar surface area (TPSA) is 75.6 Å². The molecular weight excluding hydrogens is 336 g/mol. The first-order chi connectivity index (χ1) is 13.3. The standard InChI is InChI=1S/C21H22N6/c1-2-17(25-19(3-1)27-21-13-22-8-9-24-21)16-6-7-23-20(12-16)26-18-11-14-4-5-15(18)10-14/h1-3,6-9,12-15,18H,4-5,10-11H2,(H,23,26)(H,24,25,27)/t14-,15-,18?/m1/s1. The van der Waals surface area contributed by atoms with E-state index in [9.17, 15) is 0 Å². The predicted octanol–water partition coefficient (Wildman–Crippen LogP) is 4.28. The van der Waals surface area contributed by atoms with Crippen molar-refractivity contribution in [3.05, 3.63) is 55.1 Å². The minimum atomic E-state index is 0.573. The highest BCUT2D eigenvalue weighted by atomic mass is 15.1. The van der Waals surface area contributed by atoms with Crippen molar-refractivity contribution < 1.29 is 0 Å². The third kappa shape index (κ3) is 3.47. The van der Waals surface area contributed by atoms with E-state index in [1.54, 1.807) is 18.6 Å². The van der Waals surface area contributed by atoms with Gasteiger partial charge in [-0.1, -0.05) is 12.5 Å². The molecule has 27 heavy (non-hydrogen) atoms. The lowest BCUT2D eigenvalue weighted by molar-refractivity contribution is 0.439. The highest BCUT2D eigenvalue weighted by molar-refractivity contribution is 5.65. The summed E-state index contributed by atoms with van der Waals surface area (Å²) in [6.45, 7) is 0. The Morgan fingerprint density at radius 2 is 1.85 bits per heavy atom. The second-order valence-corrected chi connectivity index (χ2v) is 7.48. The Kier molecular flexibility index (Phi) is 4.16. The van der Waals surface area contributed by atoms with Crippen LogP contribution in [0.3, 0.4) is 0 Å². The normalized spacial score (nSPS) is 23.3. The molecular formula is C21H22N6. The van der Waals surface area contributed by atoms with Gasteiger partial charge in [-0.05, 0) is 55.4 Å². The molecule has 6 heteroatoms. The van der Waals surface area contributed by atoms with E-state index in [4.69, 9.17) is 4.98 Å². The molecule has 0 amide bonds. The van der Waals surface area contributed by atoms with Gasteiger partial charge in [0.15, 0.2) is 0 Å². The van der Waals surface area contributed by atoms with E-state index in [0.717, 1.165) is 34.7 Å². The van der Waals surface area contributed by atoms with Gasteiger partial charge >= 0.3 is 0 Å². The van der Waals surface area contributed by atoms with Gasteiger partial charge in [0.05, 0.1) is 11.9 Å². The zero-order valence-electron chi connectivity index (χ0n) is 15.0. The molecule has 2 fully saturated rings. The van der Waals surface area contributed by atoms with Crippen molar-refractivity contribution in [2.75, 3.05) is 10.6 Å². The zero-order chi connectivity index (χ0) is 18.1. The zero-order valence-corrected chi connectivity index (χ0v) is 15.0.